The van der Waals surface area contributed by atoms with Crippen molar-refractivity contribution in [3.8, 4) is 5.75 Å². The fraction of sp³-hybridized carbons (Fsp3) is 0.444. The Morgan fingerprint density at radius 2 is 2.50 bits per heavy atom. The van der Waals surface area contributed by atoms with Crippen LogP contribution in [0.2, 0.25) is 0 Å². The second-order valence-electron chi connectivity index (χ2n) is 2.88. The molecule has 1 amide bonds. The molecule has 3 nitrogen and oxygen atoms in total. The van der Waals surface area contributed by atoms with Crippen LogP contribution in [0, 0.1) is 0 Å². The zero-order valence-electron chi connectivity index (χ0n) is 8.04. The number of alkyl halides is 1. The zero-order valence-corrected chi connectivity index (χ0v) is 10.4. The number of carbonyl (C=O) groups excluding carboxylic acids is 1. The van der Waals surface area contributed by atoms with Gasteiger partial charge in [0.15, 0.2) is 0 Å². The lowest BCUT2D eigenvalue weighted by Crippen LogP contribution is -2.32. The lowest BCUT2D eigenvalue weighted by Gasteiger charge is -2.08. The van der Waals surface area contributed by atoms with E-state index in [-0.39, 0.29) is 11.9 Å². The van der Waals surface area contributed by atoms with Crippen molar-refractivity contribution >= 4 is 33.2 Å². The van der Waals surface area contributed by atoms with Crippen LogP contribution in [0.4, 0.5) is 0 Å². The molecule has 0 fully saturated rings. The Hall–Kier alpha value is -0.550. The molecule has 1 aromatic heterocycles. The fourth-order valence-electron chi connectivity index (χ4n) is 0.878. The quantitative estimate of drug-likeness (QED) is 0.858. The topological polar surface area (TPSA) is 38.3 Å². The summed E-state index contributed by atoms with van der Waals surface area (Å²) in [5, 5.41) is 5.42. The molecule has 0 bridgehead atoms. The molecule has 1 N–H and O–H groups in total. The number of rotatable bonds is 4. The van der Waals surface area contributed by atoms with E-state index in [1.165, 1.54) is 11.3 Å². The number of carbonyl (C=O) groups is 1. The first-order valence-electron chi connectivity index (χ1n) is 4.16. The van der Waals surface area contributed by atoms with Crippen LogP contribution in [0.15, 0.2) is 11.4 Å². The molecule has 0 aliphatic heterocycles. The van der Waals surface area contributed by atoms with Crippen molar-refractivity contribution in [2.24, 2.45) is 0 Å². The van der Waals surface area contributed by atoms with Gasteiger partial charge in [0.2, 0.25) is 0 Å². The maximum Gasteiger partial charge on any atom is 0.261 e. The molecule has 0 radical (unpaired) electrons. The van der Waals surface area contributed by atoms with Gasteiger partial charge < -0.3 is 10.1 Å². The van der Waals surface area contributed by atoms with E-state index < -0.39 is 0 Å². The first kappa shape index (κ1) is 11.5. The van der Waals surface area contributed by atoms with E-state index in [2.05, 4.69) is 21.2 Å². The van der Waals surface area contributed by atoms with Crippen LogP contribution in [-0.4, -0.2) is 24.4 Å². The number of halogens is 1. The van der Waals surface area contributed by atoms with Gasteiger partial charge in [-0.25, -0.2) is 0 Å². The van der Waals surface area contributed by atoms with Crippen LogP contribution >= 0.6 is 27.3 Å². The summed E-state index contributed by atoms with van der Waals surface area (Å²) in [6, 6.07) is 1.87. The minimum atomic E-state index is -0.0507. The van der Waals surface area contributed by atoms with Gasteiger partial charge in [0.1, 0.15) is 5.75 Å². The van der Waals surface area contributed by atoms with Crippen molar-refractivity contribution in [3.63, 3.8) is 0 Å². The van der Waals surface area contributed by atoms with Crippen molar-refractivity contribution in [1.82, 2.24) is 5.32 Å². The number of hydrogen-bond donors (Lipinski definition) is 1. The number of ether oxygens (including phenoxy) is 1. The first-order chi connectivity index (χ1) is 6.67. The van der Waals surface area contributed by atoms with Gasteiger partial charge in [-0.1, -0.05) is 15.9 Å². The van der Waals surface area contributed by atoms with Gasteiger partial charge in [-0.2, -0.15) is 0 Å². The van der Waals surface area contributed by atoms with Gasteiger partial charge in [-0.15, -0.1) is 11.3 Å². The van der Waals surface area contributed by atoms with Crippen molar-refractivity contribution in [1.29, 1.82) is 0 Å². The average Bonchev–Trinajstić information content (AvgIpc) is 2.65. The van der Waals surface area contributed by atoms with Gasteiger partial charge in [0.05, 0.1) is 12.0 Å². The van der Waals surface area contributed by atoms with Crippen LogP contribution in [0.3, 0.4) is 0 Å². The molecule has 1 unspecified atom stereocenters. The summed E-state index contributed by atoms with van der Waals surface area (Å²) in [5.41, 5.74) is 0. The van der Waals surface area contributed by atoms with Gasteiger partial charge in [0.25, 0.3) is 5.91 Å². The summed E-state index contributed by atoms with van der Waals surface area (Å²) in [6.45, 7) is 1.94. The standard InChI is InChI=1S/C9H12BrNO2S/c1-6(4-10)11-9(12)8-3-7(13-2)5-14-8/h3,5-6H,4H2,1-2H3,(H,11,12). The molecule has 1 atom stereocenters. The summed E-state index contributed by atoms with van der Waals surface area (Å²) < 4.78 is 5.00. The molecule has 1 aromatic rings. The Kier molecular flexibility index (Phi) is 4.41. The van der Waals surface area contributed by atoms with Crippen LogP contribution in [0.1, 0.15) is 16.6 Å². The normalized spacial score (nSPS) is 12.2. The minimum absolute atomic E-state index is 0.0507. The number of methoxy groups -OCH3 is 1. The zero-order chi connectivity index (χ0) is 10.6. The van der Waals surface area contributed by atoms with E-state index in [4.69, 9.17) is 4.74 Å². The maximum atomic E-state index is 11.6. The number of thiophene rings is 1. The molecule has 14 heavy (non-hydrogen) atoms. The predicted molar refractivity (Wildman–Crippen MR) is 61.6 cm³/mol. The van der Waals surface area contributed by atoms with Gasteiger partial charge in [-0.3, -0.25) is 4.79 Å². The SMILES string of the molecule is COc1csc(C(=O)NC(C)CBr)c1. The lowest BCUT2D eigenvalue weighted by molar-refractivity contribution is 0.0948. The number of nitrogens with one attached hydrogen (secondary N) is 1. The second kappa shape index (κ2) is 5.36. The molecule has 0 saturated carbocycles. The van der Waals surface area contributed by atoms with Crippen LogP contribution in [0.25, 0.3) is 0 Å². The van der Waals surface area contributed by atoms with Crippen molar-refractivity contribution < 1.29 is 9.53 Å². The largest absolute Gasteiger partial charge is 0.496 e. The van der Waals surface area contributed by atoms with Crippen LogP contribution in [0.5, 0.6) is 5.75 Å². The number of hydrogen-bond acceptors (Lipinski definition) is 3. The van der Waals surface area contributed by atoms with Gasteiger partial charge >= 0.3 is 0 Å². The molecule has 5 heteroatoms. The molecule has 0 aliphatic rings. The fourth-order valence-corrected chi connectivity index (χ4v) is 1.80. The average molecular weight is 278 g/mol. The second-order valence-corrected chi connectivity index (χ2v) is 4.44. The Morgan fingerprint density at radius 1 is 1.79 bits per heavy atom. The Balaban J connectivity index is 2.60. The van der Waals surface area contributed by atoms with E-state index in [1.807, 2.05) is 12.3 Å². The van der Waals surface area contributed by atoms with E-state index in [9.17, 15) is 4.79 Å². The third-order valence-corrected chi connectivity index (χ3v) is 3.52. The predicted octanol–water partition coefficient (Wildman–Crippen LogP) is 2.27. The minimum Gasteiger partial charge on any atom is -0.496 e. The molecule has 0 saturated heterocycles. The molecule has 0 spiro atoms. The van der Waals surface area contributed by atoms with Crippen LogP contribution in [-0.2, 0) is 0 Å². The van der Waals surface area contributed by atoms with Crippen molar-refractivity contribution in [3.05, 3.63) is 16.3 Å². The lowest BCUT2D eigenvalue weighted by atomic mass is 10.3. The van der Waals surface area contributed by atoms with E-state index in [1.54, 1.807) is 13.2 Å². The van der Waals surface area contributed by atoms with Crippen molar-refractivity contribution in [2.45, 2.75) is 13.0 Å². The van der Waals surface area contributed by atoms with Gasteiger partial charge in [0, 0.05) is 22.8 Å². The smallest absolute Gasteiger partial charge is 0.261 e. The monoisotopic (exact) mass is 277 g/mol. The van der Waals surface area contributed by atoms with Gasteiger partial charge in [-0.05, 0) is 6.92 Å². The molecular formula is C9H12BrNO2S. The highest BCUT2D eigenvalue weighted by molar-refractivity contribution is 9.09. The third-order valence-electron chi connectivity index (χ3n) is 1.64. The highest BCUT2D eigenvalue weighted by Gasteiger charge is 2.11. The summed E-state index contributed by atoms with van der Waals surface area (Å²) in [6.07, 6.45) is 0. The summed E-state index contributed by atoms with van der Waals surface area (Å²) >= 11 is 4.68. The summed E-state index contributed by atoms with van der Waals surface area (Å²) in [7, 11) is 1.59. The third kappa shape index (κ3) is 2.99. The van der Waals surface area contributed by atoms with E-state index >= 15 is 0 Å². The molecule has 78 valence electrons. The maximum absolute atomic E-state index is 11.6. The Bertz CT molecular complexity index is 314. The highest BCUT2D eigenvalue weighted by Crippen LogP contribution is 2.20. The van der Waals surface area contributed by atoms with Crippen molar-refractivity contribution in [2.75, 3.05) is 12.4 Å². The molecular weight excluding hydrogens is 266 g/mol. The molecule has 0 aromatic carbocycles. The summed E-state index contributed by atoms with van der Waals surface area (Å²) in [5.74, 6) is 0.678. The van der Waals surface area contributed by atoms with E-state index in [0.29, 0.717) is 4.88 Å². The Morgan fingerprint density at radius 3 is 3.00 bits per heavy atom. The molecule has 1 heterocycles. The first-order valence-corrected chi connectivity index (χ1v) is 6.17. The van der Waals surface area contributed by atoms with Crippen LogP contribution < -0.4 is 10.1 Å². The number of amides is 1. The van der Waals surface area contributed by atoms with E-state index in [0.717, 1.165) is 11.1 Å². The summed E-state index contributed by atoms with van der Waals surface area (Å²) in [4.78, 5) is 12.2. The highest BCUT2D eigenvalue weighted by atomic mass is 79.9. The molecule has 0 aliphatic carbocycles. The Labute approximate surface area is 95.6 Å². The molecule has 1 rings (SSSR count).